The first kappa shape index (κ1) is 29.8. The zero-order chi connectivity index (χ0) is 28.1. The van der Waals surface area contributed by atoms with Crippen LogP contribution in [-0.2, 0) is 37.4 Å². The molecular formula is C25H30F3NO7S2. The molecule has 0 unspecified atom stereocenters. The van der Waals surface area contributed by atoms with E-state index in [2.05, 4.69) is 4.18 Å². The predicted molar refractivity (Wildman–Crippen MR) is 135 cm³/mol. The Kier molecular flexibility index (Phi) is 9.37. The van der Waals surface area contributed by atoms with Crippen molar-refractivity contribution >= 4 is 20.1 Å². The number of sulfonamides is 1. The van der Waals surface area contributed by atoms with Crippen LogP contribution < -0.4 is 9.47 Å². The molecule has 0 radical (unpaired) electrons. The molecule has 1 aliphatic rings. The monoisotopic (exact) mass is 577 g/mol. The van der Waals surface area contributed by atoms with Crippen LogP contribution in [0.1, 0.15) is 30.9 Å². The van der Waals surface area contributed by atoms with Crippen LogP contribution in [0.5, 0.6) is 11.5 Å². The third-order valence-corrected chi connectivity index (χ3v) is 9.22. The van der Waals surface area contributed by atoms with Crippen LogP contribution in [0.3, 0.4) is 0 Å². The third-order valence-electron chi connectivity index (χ3n) is 6.32. The molecule has 0 saturated heterocycles. The van der Waals surface area contributed by atoms with Crippen molar-refractivity contribution in [3.63, 3.8) is 0 Å². The number of hydrogen-bond donors (Lipinski definition) is 0. The number of nitrogens with zero attached hydrogens (tertiary/aromatic N) is 1. The van der Waals surface area contributed by atoms with Crippen LogP contribution in [0.2, 0.25) is 0 Å². The quantitative estimate of drug-likeness (QED) is 0.248. The first-order chi connectivity index (χ1) is 17.8. The molecule has 0 spiro atoms. The molecule has 2 atom stereocenters. The first-order valence-corrected chi connectivity index (χ1v) is 14.7. The van der Waals surface area contributed by atoms with Gasteiger partial charge in [0.15, 0.2) is 0 Å². The molecule has 0 saturated carbocycles. The molecule has 0 bridgehead atoms. The minimum Gasteiger partial charge on any atom is -0.497 e. The van der Waals surface area contributed by atoms with E-state index in [9.17, 15) is 30.0 Å². The molecule has 0 aliphatic heterocycles. The lowest BCUT2D eigenvalue weighted by atomic mass is 9.81. The molecule has 13 heteroatoms. The molecule has 2 aromatic carbocycles. The van der Waals surface area contributed by atoms with Gasteiger partial charge in [0.2, 0.25) is 10.0 Å². The fourth-order valence-corrected chi connectivity index (χ4v) is 6.46. The zero-order valence-electron chi connectivity index (χ0n) is 21.1. The van der Waals surface area contributed by atoms with Gasteiger partial charge in [-0.2, -0.15) is 25.9 Å². The lowest BCUT2D eigenvalue weighted by molar-refractivity contribution is -0.0528. The second-order valence-electron chi connectivity index (χ2n) is 8.90. The largest absolute Gasteiger partial charge is 0.534 e. The van der Waals surface area contributed by atoms with Crippen molar-refractivity contribution in [1.29, 1.82) is 0 Å². The highest BCUT2D eigenvalue weighted by atomic mass is 32.2. The molecule has 3 rings (SSSR count). The number of allylic oxidation sites excluding steroid dienone is 2. The van der Waals surface area contributed by atoms with Gasteiger partial charge in [-0.1, -0.05) is 37.6 Å². The van der Waals surface area contributed by atoms with Gasteiger partial charge in [0.05, 0.1) is 20.0 Å². The van der Waals surface area contributed by atoms with E-state index in [1.54, 1.807) is 55.5 Å². The second kappa shape index (κ2) is 12.0. The van der Waals surface area contributed by atoms with Gasteiger partial charge >= 0.3 is 15.6 Å². The number of benzene rings is 2. The molecular weight excluding hydrogens is 547 g/mol. The summed E-state index contributed by atoms with van der Waals surface area (Å²) >= 11 is 0. The Bertz CT molecular complexity index is 1280. The molecule has 8 nitrogen and oxygen atoms in total. The first-order valence-electron chi connectivity index (χ1n) is 11.7. The van der Waals surface area contributed by atoms with Gasteiger partial charge in [0, 0.05) is 19.5 Å². The molecule has 2 aromatic rings. The van der Waals surface area contributed by atoms with Crippen molar-refractivity contribution in [3.05, 3.63) is 71.5 Å². The number of halogens is 3. The highest BCUT2D eigenvalue weighted by molar-refractivity contribution is 7.89. The number of rotatable bonds is 13. The van der Waals surface area contributed by atoms with E-state index in [1.165, 1.54) is 24.6 Å². The van der Waals surface area contributed by atoms with Gasteiger partial charge in [-0.25, -0.2) is 8.42 Å². The van der Waals surface area contributed by atoms with Crippen LogP contribution >= 0.6 is 0 Å². The Labute approximate surface area is 221 Å². The Morgan fingerprint density at radius 3 is 1.71 bits per heavy atom. The van der Waals surface area contributed by atoms with E-state index in [0.29, 0.717) is 17.9 Å². The number of hydrogen-bond acceptors (Lipinski definition) is 7. The molecule has 210 valence electrons. The minimum absolute atomic E-state index is 0.0908. The van der Waals surface area contributed by atoms with E-state index >= 15 is 0 Å². The molecule has 38 heavy (non-hydrogen) atoms. The molecule has 0 N–H and O–H groups in total. The lowest BCUT2D eigenvalue weighted by Crippen LogP contribution is -2.37. The number of ether oxygens (including phenoxy) is 2. The van der Waals surface area contributed by atoms with E-state index in [0.717, 1.165) is 11.1 Å². The number of methoxy groups -OCH3 is 2. The smallest absolute Gasteiger partial charge is 0.497 e. The van der Waals surface area contributed by atoms with Crippen molar-refractivity contribution in [2.45, 2.75) is 38.4 Å². The molecule has 0 aromatic heterocycles. The Balaban J connectivity index is 1.79. The highest BCUT2D eigenvalue weighted by Gasteiger charge is 2.49. The Hall–Kier alpha value is -2.77. The maximum absolute atomic E-state index is 13.6. The Morgan fingerprint density at radius 1 is 0.895 bits per heavy atom. The van der Waals surface area contributed by atoms with Crippen LogP contribution in [0.4, 0.5) is 13.2 Å². The van der Waals surface area contributed by atoms with E-state index in [1.807, 2.05) is 0 Å². The van der Waals surface area contributed by atoms with Gasteiger partial charge < -0.3 is 13.7 Å². The number of alkyl halides is 3. The van der Waals surface area contributed by atoms with Crippen molar-refractivity contribution in [1.82, 2.24) is 4.31 Å². The third kappa shape index (κ3) is 7.41. The van der Waals surface area contributed by atoms with Gasteiger partial charge in [-0.05, 0) is 53.3 Å². The Morgan fingerprint density at radius 2 is 1.34 bits per heavy atom. The molecule has 1 aliphatic carbocycles. The van der Waals surface area contributed by atoms with E-state index in [4.69, 9.17) is 9.47 Å². The van der Waals surface area contributed by atoms with Crippen molar-refractivity contribution in [2.24, 2.45) is 11.8 Å². The summed E-state index contributed by atoms with van der Waals surface area (Å²) in [4.78, 5) is 0. The topological polar surface area (TPSA) is 99.2 Å². The van der Waals surface area contributed by atoms with Gasteiger partial charge in [0.25, 0.3) is 0 Å². The predicted octanol–water partition coefficient (Wildman–Crippen LogP) is 4.83. The van der Waals surface area contributed by atoms with Crippen molar-refractivity contribution in [2.75, 3.05) is 20.0 Å². The summed E-state index contributed by atoms with van der Waals surface area (Å²) in [5, 5.41) is 0. The normalized spacial score (nSPS) is 16.9. The van der Waals surface area contributed by atoms with Gasteiger partial charge in [0.1, 0.15) is 17.3 Å². The SMILES string of the molecule is CC[C@H](CS(=O)(=O)N(Cc1ccc(OC)cc1)Cc1ccc(OC)cc1)[C@H]1C=C(OS(=O)(=O)C(F)(F)F)C1. The highest BCUT2D eigenvalue weighted by Crippen LogP contribution is 2.39. The average molecular weight is 578 g/mol. The summed E-state index contributed by atoms with van der Waals surface area (Å²) in [6.45, 7) is 1.96. The summed E-state index contributed by atoms with van der Waals surface area (Å²) in [7, 11) is -6.55. The lowest BCUT2D eigenvalue weighted by Gasteiger charge is -2.33. The average Bonchev–Trinajstić information content (AvgIpc) is 2.84. The maximum atomic E-state index is 13.6. The van der Waals surface area contributed by atoms with E-state index in [-0.39, 0.29) is 31.0 Å². The fourth-order valence-electron chi connectivity index (χ4n) is 4.03. The summed E-state index contributed by atoms with van der Waals surface area (Å²) in [6.07, 6.45) is 1.57. The summed E-state index contributed by atoms with van der Waals surface area (Å²) in [5.74, 6) is -0.224. The second-order valence-corrected chi connectivity index (χ2v) is 12.4. The van der Waals surface area contributed by atoms with Crippen molar-refractivity contribution < 1.29 is 43.7 Å². The minimum atomic E-state index is -5.75. The standard InChI is InChI=1S/C25H30F3NO7S2/c1-4-20(21-13-24(14-21)36-38(32,33)25(26,27)28)17-37(30,31)29(15-18-5-9-22(34-2)10-6-18)16-19-7-11-23(35-3)12-8-19/h5-13,20-21H,4,14-17H2,1-3H3/t20-,21+/m1/s1. The van der Waals surface area contributed by atoms with Crippen LogP contribution in [-0.4, -0.2) is 46.6 Å². The van der Waals surface area contributed by atoms with Crippen LogP contribution in [0, 0.1) is 11.8 Å². The molecule has 0 heterocycles. The molecule has 0 amide bonds. The fraction of sp³-hybridized carbons (Fsp3) is 0.440. The van der Waals surface area contributed by atoms with Gasteiger partial charge in [-0.3, -0.25) is 0 Å². The molecule has 0 fully saturated rings. The van der Waals surface area contributed by atoms with Crippen LogP contribution in [0.25, 0.3) is 0 Å². The van der Waals surface area contributed by atoms with Crippen LogP contribution in [0.15, 0.2) is 60.4 Å². The maximum Gasteiger partial charge on any atom is 0.534 e. The summed E-state index contributed by atoms with van der Waals surface area (Å²) in [6, 6.07) is 14.0. The van der Waals surface area contributed by atoms with Crippen molar-refractivity contribution in [3.8, 4) is 11.5 Å². The van der Waals surface area contributed by atoms with E-state index < -0.39 is 37.5 Å². The zero-order valence-corrected chi connectivity index (χ0v) is 22.8. The van der Waals surface area contributed by atoms with Gasteiger partial charge in [-0.15, -0.1) is 0 Å². The summed E-state index contributed by atoms with van der Waals surface area (Å²) in [5.41, 5.74) is -4.05. The summed E-state index contributed by atoms with van der Waals surface area (Å²) < 4.78 is 103.